The fourth-order valence-electron chi connectivity index (χ4n) is 1.99. The molecular formula is C16H17N3O2. The number of aryl methyl sites for hydroxylation is 1. The normalized spacial score (nSPS) is 11.2. The Labute approximate surface area is 123 Å². The maximum Gasteiger partial charge on any atom is 0.356 e. The maximum atomic E-state index is 11.6. The Morgan fingerprint density at radius 2 is 2.14 bits per heavy atom. The van der Waals surface area contributed by atoms with Gasteiger partial charge in [0.25, 0.3) is 0 Å². The van der Waals surface area contributed by atoms with Crippen molar-refractivity contribution >= 4 is 18.8 Å². The maximum absolute atomic E-state index is 11.6. The van der Waals surface area contributed by atoms with Gasteiger partial charge in [-0.1, -0.05) is 30.3 Å². The number of hydrogen-bond donors (Lipinski definition) is 0. The van der Waals surface area contributed by atoms with E-state index in [1.807, 2.05) is 41.8 Å². The van der Waals surface area contributed by atoms with Crippen molar-refractivity contribution in [2.45, 2.75) is 13.5 Å². The highest BCUT2D eigenvalue weighted by molar-refractivity contribution is 5.93. The number of benzene rings is 1. The molecule has 0 aliphatic carbocycles. The quantitative estimate of drug-likeness (QED) is 0.481. The smallest absolute Gasteiger partial charge is 0.356 e. The number of rotatable bonds is 5. The molecule has 0 saturated heterocycles. The van der Waals surface area contributed by atoms with E-state index in [-0.39, 0.29) is 5.70 Å². The molecule has 108 valence electrons. The van der Waals surface area contributed by atoms with Crippen molar-refractivity contribution in [3.05, 3.63) is 59.3 Å². The summed E-state index contributed by atoms with van der Waals surface area (Å²) in [7, 11) is 1.31. The molecule has 0 fully saturated rings. The monoisotopic (exact) mass is 283 g/mol. The van der Waals surface area contributed by atoms with E-state index in [4.69, 9.17) is 0 Å². The largest absolute Gasteiger partial charge is 0.464 e. The molecule has 0 spiro atoms. The molecule has 0 atom stereocenters. The summed E-state index contributed by atoms with van der Waals surface area (Å²) in [4.78, 5) is 19.6. The van der Waals surface area contributed by atoms with Gasteiger partial charge in [-0.05, 0) is 25.3 Å². The molecule has 2 aromatic rings. The first-order valence-corrected chi connectivity index (χ1v) is 6.48. The first-order chi connectivity index (χ1) is 10.2. The predicted molar refractivity (Wildman–Crippen MR) is 82.1 cm³/mol. The van der Waals surface area contributed by atoms with Gasteiger partial charge in [-0.25, -0.2) is 9.78 Å². The van der Waals surface area contributed by atoms with Crippen LogP contribution in [0.3, 0.4) is 0 Å². The topological polar surface area (TPSA) is 56.5 Å². The number of carbonyl (C=O) groups is 1. The Bertz CT molecular complexity index is 672. The van der Waals surface area contributed by atoms with Crippen molar-refractivity contribution in [2.24, 2.45) is 4.99 Å². The van der Waals surface area contributed by atoms with Gasteiger partial charge in [0.05, 0.1) is 24.8 Å². The van der Waals surface area contributed by atoms with Gasteiger partial charge < -0.3 is 9.30 Å². The molecule has 0 amide bonds. The minimum Gasteiger partial charge on any atom is -0.464 e. The molecule has 0 bridgehead atoms. The van der Waals surface area contributed by atoms with Crippen LogP contribution in [0.1, 0.15) is 17.0 Å². The van der Waals surface area contributed by atoms with Gasteiger partial charge in [-0.3, -0.25) is 4.99 Å². The zero-order chi connectivity index (χ0) is 15.2. The average Bonchev–Trinajstić information content (AvgIpc) is 2.85. The van der Waals surface area contributed by atoms with Crippen molar-refractivity contribution in [1.82, 2.24) is 9.55 Å². The highest BCUT2D eigenvalue weighted by Gasteiger charge is 2.12. The Balaban J connectivity index is 2.36. The van der Waals surface area contributed by atoms with Crippen molar-refractivity contribution in [3.8, 4) is 0 Å². The van der Waals surface area contributed by atoms with Crippen LogP contribution in [-0.2, 0) is 16.1 Å². The lowest BCUT2D eigenvalue weighted by Crippen LogP contribution is -2.05. The van der Waals surface area contributed by atoms with Crippen molar-refractivity contribution in [1.29, 1.82) is 0 Å². The summed E-state index contributed by atoms with van der Waals surface area (Å²) in [6.45, 7) is 5.95. The SMILES string of the molecule is C=NC(=Cc1c(C)ncn1Cc1ccccc1)C(=O)OC. The Morgan fingerprint density at radius 1 is 1.43 bits per heavy atom. The molecule has 21 heavy (non-hydrogen) atoms. The van der Waals surface area contributed by atoms with Gasteiger partial charge >= 0.3 is 5.97 Å². The summed E-state index contributed by atoms with van der Waals surface area (Å²) < 4.78 is 6.64. The van der Waals surface area contributed by atoms with E-state index in [1.54, 1.807) is 12.4 Å². The number of ether oxygens (including phenoxy) is 1. The molecule has 1 heterocycles. The van der Waals surface area contributed by atoms with Crippen LogP contribution in [0.5, 0.6) is 0 Å². The molecule has 2 rings (SSSR count). The highest BCUT2D eigenvalue weighted by Crippen LogP contribution is 2.15. The minimum absolute atomic E-state index is 0.162. The summed E-state index contributed by atoms with van der Waals surface area (Å²) in [5, 5.41) is 0. The zero-order valence-electron chi connectivity index (χ0n) is 12.1. The van der Waals surface area contributed by atoms with Crippen LogP contribution in [0.4, 0.5) is 0 Å². The second kappa shape index (κ2) is 6.65. The van der Waals surface area contributed by atoms with Crippen LogP contribution in [-0.4, -0.2) is 29.3 Å². The third kappa shape index (κ3) is 3.45. The number of nitrogens with zero attached hydrogens (tertiary/aromatic N) is 3. The van der Waals surface area contributed by atoms with E-state index in [2.05, 4.69) is 21.4 Å². The standard InChI is InChI=1S/C16H17N3O2/c1-12-15(9-14(17-2)16(20)21-3)19(11-18-12)10-13-7-5-4-6-8-13/h4-9,11H,2,10H2,1,3H3. The third-order valence-corrected chi connectivity index (χ3v) is 3.10. The van der Waals surface area contributed by atoms with Gasteiger partial charge in [0.1, 0.15) is 5.70 Å². The molecule has 0 saturated carbocycles. The zero-order valence-corrected chi connectivity index (χ0v) is 12.1. The number of hydrogen-bond acceptors (Lipinski definition) is 4. The van der Waals surface area contributed by atoms with Gasteiger partial charge in [0.2, 0.25) is 0 Å². The lowest BCUT2D eigenvalue weighted by Gasteiger charge is -2.07. The molecule has 0 aliphatic rings. The number of methoxy groups -OCH3 is 1. The second-order valence-corrected chi connectivity index (χ2v) is 4.51. The van der Waals surface area contributed by atoms with Gasteiger partial charge in [-0.2, -0.15) is 0 Å². The van der Waals surface area contributed by atoms with Crippen LogP contribution < -0.4 is 0 Å². The Kier molecular flexibility index (Phi) is 4.66. The Hall–Kier alpha value is -2.69. The number of aliphatic imine (C=N–C) groups is 1. The van der Waals surface area contributed by atoms with Crippen LogP contribution in [0.15, 0.2) is 47.3 Å². The van der Waals surface area contributed by atoms with E-state index < -0.39 is 5.97 Å². The molecule has 0 aliphatic heterocycles. The average molecular weight is 283 g/mol. The molecule has 1 aromatic carbocycles. The van der Waals surface area contributed by atoms with Crippen LogP contribution >= 0.6 is 0 Å². The van der Waals surface area contributed by atoms with Gasteiger partial charge in [-0.15, -0.1) is 0 Å². The minimum atomic E-state index is -0.517. The number of imidazole rings is 1. The Morgan fingerprint density at radius 3 is 2.76 bits per heavy atom. The molecular weight excluding hydrogens is 266 g/mol. The highest BCUT2D eigenvalue weighted by atomic mass is 16.5. The fourth-order valence-corrected chi connectivity index (χ4v) is 1.99. The molecule has 5 heteroatoms. The summed E-state index contributed by atoms with van der Waals surface area (Å²) in [6.07, 6.45) is 3.39. The fraction of sp³-hybridized carbons (Fsp3) is 0.188. The summed E-state index contributed by atoms with van der Waals surface area (Å²) in [5.74, 6) is -0.517. The van der Waals surface area contributed by atoms with Gasteiger partial charge in [0.15, 0.2) is 0 Å². The molecule has 0 radical (unpaired) electrons. The number of carbonyl (C=O) groups excluding carboxylic acids is 1. The van der Waals surface area contributed by atoms with Crippen LogP contribution in [0.2, 0.25) is 0 Å². The van der Waals surface area contributed by atoms with E-state index in [0.29, 0.717) is 6.54 Å². The lowest BCUT2D eigenvalue weighted by molar-refractivity contribution is -0.136. The first-order valence-electron chi connectivity index (χ1n) is 6.48. The third-order valence-electron chi connectivity index (χ3n) is 3.10. The number of aromatic nitrogens is 2. The lowest BCUT2D eigenvalue weighted by atomic mass is 10.2. The van der Waals surface area contributed by atoms with Crippen LogP contribution in [0, 0.1) is 6.92 Å². The summed E-state index contributed by atoms with van der Waals surface area (Å²) in [5.41, 5.74) is 2.94. The molecule has 5 nitrogen and oxygen atoms in total. The second-order valence-electron chi connectivity index (χ2n) is 4.51. The van der Waals surface area contributed by atoms with Crippen molar-refractivity contribution in [2.75, 3.05) is 7.11 Å². The molecule has 1 aromatic heterocycles. The summed E-state index contributed by atoms with van der Waals surface area (Å²) in [6, 6.07) is 10.0. The first kappa shape index (κ1) is 14.7. The van der Waals surface area contributed by atoms with E-state index in [1.165, 1.54) is 7.11 Å². The van der Waals surface area contributed by atoms with E-state index >= 15 is 0 Å². The molecule has 0 N–H and O–H groups in total. The van der Waals surface area contributed by atoms with Gasteiger partial charge in [0, 0.05) is 6.54 Å². The summed E-state index contributed by atoms with van der Waals surface area (Å²) >= 11 is 0. The van der Waals surface area contributed by atoms with Crippen molar-refractivity contribution in [3.63, 3.8) is 0 Å². The van der Waals surface area contributed by atoms with Crippen LogP contribution in [0.25, 0.3) is 6.08 Å². The van der Waals surface area contributed by atoms with Crippen molar-refractivity contribution < 1.29 is 9.53 Å². The number of esters is 1. The molecule has 0 unspecified atom stereocenters. The predicted octanol–water partition coefficient (Wildman–Crippen LogP) is 2.45. The van der Waals surface area contributed by atoms with E-state index in [9.17, 15) is 4.79 Å². The van der Waals surface area contributed by atoms with E-state index in [0.717, 1.165) is 17.0 Å².